The van der Waals surface area contributed by atoms with Crippen molar-refractivity contribution in [1.29, 1.82) is 0 Å². The molecule has 0 saturated heterocycles. The maximum Gasteiger partial charge on any atom is 0.219 e. The molecule has 0 aromatic carbocycles. The van der Waals surface area contributed by atoms with Gasteiger partial charge in [-0.05, 0) is 6.92 Å². The average molecular weight is 184 g/mol. The van der Waals surface area contributed by atoms with Crippen LogP contribution in [-0.2, 0) is 0 Å². The van der Waals surface area contributed by atoms with Crippen LogP contribution in [0.1, 0.15) is 33.3 Å². The van der Waals surface area contributed by atoms with Crippen LogP contribution < -0.4 is 4.74 Å². The maximum absolute atomic E-state index is 4.89. The largest absolute Gasteiger partial charge is 0.481 e. The van der Waals surface area contributed by atoms with Crippen LogP contribution in [0.4, 0.5) is 0 Å². The predicted octanol–water partition coefficient (Wildman–Crippen LogP) is 2.85. The fourth-order valence-corrected chi connectivity index (χ4v) is 0.602. The van der Waals surface area contributed by atoms with E-state index in [1.165, 1.54) is 6.33 Å². The van der Waals surface area contributed by atoms with Gasteiger partial charge in [0.05, 0.1) is 7.11 Å². The standard InChI is InChI=1S/C6H8N2O.2C2H6/c1-5-3-7-4-8-6(5)9-2;2*1-2/h3-4H,1-2H3;2*1-2H3. The summed E-state index contributed by atoms with van der Waals surface area (Å²) in [5, 5.41) is 0. The van der Waals surface area contributed by atoms with Crippen molar-refractivity contribution in [3.05, 3.63) is 18.1 Å². The SMILES string of the molecule is CC.CC.COc1ncncc1C. The zero-order valence-electron chi connectivity index (χ0n) is 9.46. The van der Waals surface area contributed by atoms with Gasteiger partial charge in [-0.2, -0.15) is 0 Å². The van der Waals surface area contributed by atoms with Gasteiger partial charge in [-0.15, -0.1) is 0 Å². The molecule has 0 N–H and O–H groups in total. The molecule has 0 amide bonds. The molecule has 0 spiro atoms. The molecular weight excluding hydrogens is 164 g/mol. The van der Waals surface area contributed by atoms with Crippen molar-refractivity contribution < 1.29 is 4.74 Å². The highest BCUT2D eigenvalue weighted by atomic mass is 16.5. The Kier molecular flexibility index (Phi) is 12.1. The normalized spacial score (nSPS) is 7.23. The second-order valence-corrected chi connectivity index (χ2v) is 1.72. The van der Waals surface area contributed by atoms with Gasteiger partial charge in [-0.3, -0.25) is 0 Å². The van der Waals surface area contributed by atoms with Crippen LogP contribution in [0.15, 0.2) is 12.5 Å². The molecule has 76 valence electrons. The molecule has 0 saturated carbocycles. The highest BCUT2D eigenvalue weighted by molar-refractivity contribution is 5.19. The van der Waals surface area contributed by atoms with E-state index >= 15 is 0 Å². The second-order valence-electron chi connectivity index (χ2n) is 1.72. The van der Waals surface area contributed by atoms with Gasteiger partial charge >= 0.3 is 0 Å². The molecule has 0 fully saturated rings. The summed E-state index contributed by atoms with van der Waals surface area (Å²) in [7, 11) is 1.59. The maximum atomic E-state index is 4.89. The van der Waals surface area contributed by atoms with Gasteiger partial charge in [0.25, 0.3) is 0 Å². The van der Waals surface area contributed by atoms with E-state index in [2.05, 4.69) is 9.97 Å². The molecule has 0 aliphatic carbocycles. The summed E-state index contributed by atoms with van der Waals surface area (Å²) >= 11 is 0. The molecule has 1 aromatic rings. The van der Waals surface area contributed by atoms with Gasteiger partial charge in [0.15, 0.2) is 0 Å². The Hall–Kier alpha value is -1.12. The molecule has 3 nitrogen and oxygen atoms in total. The van der Waals surface area contributed by atoms with Crippen LogP contribution in [0.2, 0.25) is 0 Å². The van der Waals surface area contributed by atoms with Crippen molar-refractivity contribution >= 4 is 0 Å². The third-order valence-electron chi connectivity index (χ3n) is 1.04. The molecule has 3 heteroatoms. The summed E-state index contributed by atoms with van der Waals surface area (Å²) in [6.45, 7) is 9.90. The van der Waals surface area contributed by atoms with Crippen LogP contribution in [0.5, 0.6) is 5.88 Å². The second kappa shape index (κ2) is 10.9. The van der Waals surface area contributed by atoms with Crippen molar-refractivity contribution in [2.24, 2.45) is 0 Å². The van der Waals surface area contributed by atoms with Crippen molar-refractivity contribution in [3.8, 4) is 5.88 Å². The molecule has 0 aliphatic rings. The van der Waals surface area contributed by atoms with Gasteiger partial charge in [0.2, 0.25) is 5.88 Å². The first-order valence-corrected chi connectivity index (χ1v) is 4.65. The first-order valence-electron chi connectivity index (χ1n) is 4.65. The van der Waals surface area contributed by atoms with E-state index in [9.17, 15) is 0 Å². The molecule has 1 aromatic heterocycles. The summed E-state index contributed by atoms with van der Waals surface area (Å²) in [5.74, 6) is 0.644. The van der Waals surface area contributed by atoms with Crippen molar-refractivity contribution in [2.45, 2.75) is 34.6 Å². The number of rotatable bonds is 1. The lowest BCUT2D eigenvalue weighted by atomic mass is 10.4. The highest BCUT2D eigenvalue weighted by Gasteiger charge is 1.94. The van der Waals surface area contributed by atoms with Crippen molar-refractivity contribution in [1.82, 2.24) is 9.97 Å². The third-order valence-corrected chi connectivity index (χ3v) is 1.04. The molecule has 13 heavy (non-hydrogen) atoms. The molecule has 1 rings (SSSR count). The van der Waals surface area contributed by atoms with Crippen LogP contribution >= 0.6 is 0 Å². The van der Waals surface area contributed by atoms with Gasteiger partial charge in [0.1, 0.15) is 6.33 Å². The molecule has 0 aliphatic heterocycles. The van der Waals surface area contributed by atoms with E-state index in [0.717, 1.165) is 5.56 Å². The fourth-order valence-electron chi connectivity index (χ4n) is 0.602. The Morgan fingerprint density at radius 1 is 1.15 bits per heavy atom. The summed E-state index contributed by atoms with van der Waals surface area (Å²) in [4.78, 5) is 7.67. The van der Waals surface area contributed by atoms with Gasteiger partial charge < -0.3 is 4.74 Å². The Morgan fingerprint density at radius 3 is 2.00 bits per heavy atom. The number of hydrogen-bond donors (Lipinski definition) is 0. The van der Waals surface area contributed by atoms with E-state index < -0.39 is 0 Å². The number of ether oxygens (including phenoxy) is 1. The van der Waals surface area contributed by atoms with Crippen molar-refractivity contribution in [2.75, 3.05) is 7.11 Å². The van der Waals surface area contributed by atoms with E-state index in [-0.39, 0.29) is 0 Å². The van der Waals surface area contributed by atoms with E-state index in [0.29, 0.717) is 5.88 Å². The monoisotopic (exact) mass is 184 g/mol. The van der Waals surface area contributed by atoms with E-state index in [1.54, 1.807) is 13.3 Å². The Balaban J connectivity index is 0. The first kappa shape index (κ1) is 14.4. The predicted molar refractivity (Wildman–Crippen MR) is 56.0 cm³/mol. The van der Waals surface area contributed by atoms with Crippen LogP contribution in [-0.4, -0.2) is 17.1 Å². The minimum absolute atomic E-state index is 0.644. The summed E-state index contributed by atoms with van der Waals surface area (Å²) in [6, 6.07) is 0. The molecule has 1 heterocycles. The molecule has 0 atom stereocenters. The molecule has 0 radical (unpaired) electrons. The van der Waals surface area contributed by atoms with Crippen LogP contribution in [0.25, 0.3) is 0 Å². The average Bonchev–Trinajstić information content (AvgIpc) is 2.24. The molecule has 0 bridgehead atoms. The number of aryl methyl sites for hydroxylation is 1. The third kappa shape index (κ3) is 6.08. The summed E-state index contributed by atoms with van der Waals surface area (Å²) in [6.07, 6.45) is 3.18. The smallest absolute Gasteiger partial charge is 0.219 e. The Morgan fingerprint density at radius 2 is 1.69 bits per heavy atom. The van der Waals surface area contributed by atoms with E-state index in [4.69, 9.17) is 4.74 Å². The van der Waals surface area contributed by atoms with E-state index in [1.807, 2.05) is 34.6 Å². The van der Waals surface area contributed by atoms with Gasteiger partial charge in [-0.1, -0.05) is 27.7 Å². The van der Waals surface area contributed by atoms with Gasteiger partial charge in [-0.25, -0.2) is 9.97 Å². The number of methoxy groups -OCH3 is 1. The highest BCUT2D eigenvalue weighted by Crippen LogP contribution is 2.08. The van der Waals surface area contributed by atoms with Crippen LogP contribution in [0.3, 0.4) is 0 Å². The van der Waals surface area contributed by atoms with Crippen molar-refractivity contribution in [3.63, 3.8) is 0 Å². The minimum atomic E-state index is 0.644. The Bertz CT molecular complexity index is 202. The molecular formula is C10H20N2O. The lowest BCUT2D eigenvalue weighted by Gasteiger charge is -1.98. The fraction of sp³-hybridized carbons (Fsp3) is 0.600. The number of hydrogen-bond acceptors (Lipinski definition) is 3. The quantitative estimate of drug-likeness (QED) is 0.673. The lowest BCUT2D eigenvalue weighted by molar-refractivity contribution is 0.393. The van der Waals surface area contributed by atoms with Crippen LogP contribution in [0, 0.1) is 6.92 Å². The number of aromatic nitrogens is 2. The lowest BCUT2D eigenvalue weighted by Crippen LogP contribution is -1.90. The molecule has 0 unspecified atom stereocenters. The topological polar surface area (TPSA) is 35.0 Å². The first-order chi connectivity index (χ1) is 6.34. The zero-order chi connectivity index (χ0) is 10.7. The summed E-state index contributed by atoms with van der Waals surface area (Å²) < 4.78 is 4.89. The summed E-state index contributed by atoms with van der Waals surface area (Å²) in [5.41, 5.74) is 0.958. The zero-order valence-corrected chi connectivity index (χ0v) is 9.46. The number of nitrogens with zero attached hydrogens (tertiary/aromatic N) is 2. The Labute approximate surface area is 81.2 Å². The minimum Gasteiger partial charge on any atom is -0.481 e. The van der Waals surface area contributed by atoms with Gasteiger partial charge in [0, 0.05) is 11.8 Å².